The molecule has 43 heavy (non-hydrogen) atoms. The first-order chi connectivity index (χ1) is 20.3. The molecule has 1 N–H and O–H groups in total. The van der Waals surface area contributed by atoms with E-state index in [1.165, 1.54) is 41.3 Å². The van der Waals surface area contributed by atoms with Gasteiger partial charge < -0.3 is 15.4 Å². The summed E-state index contributed by atoms with van der Waals surface area (Å²) >= 11 is 0. The van der Waals surface area contributed by atoms with Gasteiger partial charge in [-0.25, -0.2) is 12.8 Å². The average Bonchev–Trinajstić information content (AvgIpc) is 3.54. The van der Waals surface area contributed by atoms with Crippen LogP contribution in [0.15, 0.2) is 78.0 Å². The van der Waals surface area contributed by atoms with Gasteiger partial charge in [0.25, 0.3) is 5.91 Å². The fourth-order valence-corrected chi connectivity index (χ4v) is 7.32. The van der Waals surface area contributed by atoms with Crippen molar-refractivity contribution in [3.63, 3.8) is 0 Å². The van der Waals surface area contributed by atoms with E-state index in [-0.39, 0.29) is 29.7 Å². The lowest BCUT2D eigenvalue weighted by Crippen LogP contribution is -2.53. The number of carbonyl (C=O) groups is 3. The highest BCUT2D eigenvalue weighted by Gasteiger charge is 2.54. The summed E-state index contributed by atoms with van der Waals surface area (Å²) in [5, 5.41) is 14.5. The highest BCUT2D eigenvalue weighted by atomic mass is 32.2. The van der Waals surface area contributed by atoms with Gasteiger partial charge in [-0.05, 0) is 53.3 Å². The lowest BCUT2D eigenvalue weighted by Gasteiger charge is -2.28. The van der Waals surface area contributed by atoms with Crippen molar-refractivity contribution < 1.29 is 31.9 Å². The fourth-order valence-electron chi connectivity index (χ4n) is 5.68. The van der Waals surface area contributed by atoms with Crippen LogP contribution in [0.4, 0.5) is 4.39 Å². The van der Waals surface area contributed by atoms with Crippen molar-refractivity contribution in [2.75, 3.05) is 13.1 Å². The quantitative estimate of drug-likeness (QED) is 0.324. The highest BCUT2D eigenvalue weighted by Crippen LogP contribution is 2.34. The lowest BCUT2D eigenvalue weighted by molar-refractivity contribution is -0.607. The van der Waals surface area contributed by atoms with Crippen LogP contribution >= 0.6 is 0 Å². The van der Waals surface area contributed by atoms with Gasteiger partial charge in [0.2, 0.25) is 15.9 Å². The molecule has 226 valence electrons. The lowest BCUT2D eigenvalue weighted by atomic mass is 9.86. The number of Topliss-reactive ketones (excluding diaryl/α,β-unsaturated/α-hetero) is 1. The first-order valence-electron chi connectivity index (χ1n) is 14.0. The van der Waals surface area contributed by atoms with Crippen molar-refractivity contribution in [3.05, 3.63) is 101 Å². The van der Waals surface area contributed by atoms with Crippen LogP contribution < -0.4 is 10.0 Å². The fraction of sp³-hybridized carbons (Fsp3) is 0.355. The van der Waals surface area contributed by atoms with Gasteiger partial charge in [0, 0.05) is 24.6 Å². The van der Waals surface area contributed by atoms with E-state index in [0.29, 0.717) is 15.9 Å². The number of amides is 2. The second-order valence-corrected chi connectivity index (χ2v) is 13.8. The molecule has 0 aliphatic carbocycles. The Balaban J connectivity index is 1.40. The van der Waals surface area contributed by atoms with Crippen molar-refractivity contribution in [1.29, 1.82) is 0 Å². The SMILES string of the molecule is CC(C)(C)c1ccc(C(=O)NC(Cc2ccc(F)cc2)C(=O)N2CCC3C2C(=O)CN3S(=O)(=O)c2ccc[n+]([O-])c2)cc1. The number of ketones is 1. The predicted octanol–water partition coefficient (Wildman–Crippen LogP) is 2.34. The third-order valence-corrected chi connectivity index (χ3v) is 9.84. The topological polar surface area (TPSA) is 131 Å². The van der Waals surface area contributed by atoms with Gasteiger partial charge in [0.1, 0.15) is 22.8 Å². The number of fused-ring (bicyclic) bond motifs is 1. The molecule has 0 radical (unpaired) electrons. The number of nitrogens with one attached hydrogen (secondary N) is 1. The third kappa shape index (κ3) is 6.16. The maximum atomic E-state index is 14.0. The number of halogens is 1. The van der Waals surface area contributed by atoms with Gasteiger partial charge in [-0.1, -0.05) is 45.0 Å². The molecule has 3 aromatic rings. The zero-order valence-corrected chi connectivity index (χ0v) is 24.9. The summed E-state index contributed by atoms with van der Waals surface area (Å²) in [4.78, 5) is 41.6. The van der Waals surface area contributed by atoms with Gasteiger partial charge in [-0.2, -0.15) is 9.04 Å². The Labute approximate surface area is 249 Å². The second-order valence-electron chi connectivity index (χ2n) is 11.9. The second kappa shape index (κ2) is 11.5. The molecule has 5 rings (SSSR count). The third-order valence-electron chi connectivity index (χ3n) is 7.98. The Morgan fingerprint density at radius 2 is 1.77 bits per heavy atom. The van der Waals surface area contributed by atoms with Crippen molar-refractivity contribution in [2.24, 2.45) is 0 Å². The van der Waals surface area contributed by atoms with E-state index in [2.05, 4.69) is 26.1 Å². The number of rotatable bonds is 7. The van der Waals surface area contributed by atoms with Crippen LogP contribution in [0.25, 0.3) is 0 Å². The Morgan fingerprint density at radius 1 is 1.09 bits per heavy atom. The molecule has 12 heteroatoms. The molecule has 2 amide bonds. The van der Waals surface area contributed by atoms with Crippen LogP contribution in [0.1, 0.15) is 48.7 Å². The molecule has 3 unspecified atom stereocenters. The zero-order valence-electron chi connectivity index (χ0n) is 24.1. The van der Waals surface area contributed by atoms with Gasteiger partial charge in [0.05, 0.1) is 12.6 Å². The molecule has 0 bridgehead atoms. The number of likely N-dealkylation sites (tertiary alicyclic amines) is 1. The smallest absolute Gasteiger partial charge is 0.251 e. The van der Waals surface area contributed by atoms with E-state index in [0.717, 1.165) is 22.3 Å². The number of hydrogen-bond acceptors (Lipinski definition) is 6. The Hall–Kier alpha value is -4.16. The minimum absolute atomic E-state index is 0.0303. The monoisotopic (exact) mass is 608 g/mol. The molecule has 1 aromatic heterocycles. The summed E-state index contributed by atoms with van der Waals surface area (Å²) in [5.41, 5.74) is 1.85. The summed E-state index contributed by atoms with van der Waals surface area (Å²) in [6.07, 6.45) is 2.31. The number of pyridine rings is 1. The molecule has 3 atom stereocenters. The highest BCUT2D eigenvalue weighted by molar-refractivity contribution is 7.89. The largest absolute Gasteiger partial charge is 0.619 e. The van der Waals surface area contributed by atoms with Gasteiger partial charge in [-0.15, -0.1) is 0 Å². The number of sulfonamides is 1. The number of carbonyl (C=O) groups excluding carboxylic acids is 3. The van der Waals surface area contributed by atoms with Crippen LogP contribution in [-0.4, -0.2) is 66.4 Å². The van der Waals surface area contributed by atoms with E-state index in [1.807, 2.05) is 12.1 Å². The number of aromatic nitrogens is 1. The summed E-state index contributed by atoms with van der Waals surface area (Å²) < 4.78 is 41.8. The molecular weight excluding hydrogens is 575 g/mol. The number of benzene rings is 2. The zero-order chi connectivity index (χ0) is 31.1. The minimum atomic E-state index is -4.19. The summed E-state index contributed by atoms with van der Waals surface area (Å²) in [6, 6.07) is 12.2. The average molecular weight is 609 g/mol. The van der Waals surface area contributed by atoms with E-state index in [9.17, 15) is 32.4 Å². The first kappa shape index (κ1) is 30.3. The van der Waals surface area contributed by atoms with E-state index < -0.39 is 58.1 Å². The molecule has 3 heterocycles. The molecule has 2 saturated heterocycles. The van der Waals surface area contributed by atoms with Crippen molar-refractivity contribution in [2.45, 2.75) is 62.0 Å². The molecule has 0 spiro atoms. The van der Waals surface area contributed by atoms with Gasteiger partial charge in [-0.3, -0.25) is 14.4 Å². The molecule has 2 aliphatic heterocycles. The molecular formula is C31H33FN4O6S. The van der Waals surface area contributed by atoms with Crippen LogP contribution in [0.5, 0.6) is 0 Å². The maximum absolute atomic E-state index is 14.0. The van der Waals surface area contributed by atoms with Crippen molar-refractivity contribution >= 4 is 27.6 Å². The Bertz CT molecular complexity index is 1650. The van der Waals surface area contributed by atoms with E-state index in [4.69, 9.17) is 0 Å². The van der Waals surface area contributed by atoms with E-state index in [1.54, 1.807) is 12.1 Å². The molecule has 2 fully saturated rings. The number of hydrogen-bond donors (Lipinski definition) is 1. The minimum Gasteiger partial charge on any atom is -0.619 e. The van der Waals surface area contributed by atoms with E-state index >= 15 is 0 Å². The summed E-state index contributed by atoms with van der Waals surface area (Å²) in [5.74, 6) is -1.93. The van der Waals surface area contributed by atoms with Crippen LogP contribution in [-0.2, 0) is 31.4 Å². The molecule has 0 saturated carbocycles. The molecule has 2 aromatic carbocycles. The first-order valence-corrected chi connectivity index (χ1v) is 15.4. The molecule has 2 aliphatic rings. The van der Waals surface area contributed by atoms with Gasteiger partial charge in [0.15, 0.2) is 18.2 Å². The standard InChI is InChI=1S/C31H33FN4O6S/c1-31(2,3)22-10-8-21(9-11-22)29(38)33-25(17-20-6-12-23(32)13-7-20)30(39)35-16-14-26-28(35)27(37)19-36(26)43(41,42)24-5-4-15-34(40)18-24/h4-13,15,18,25-26,28H,14,16-17,19H2,1-3H3,(H,33,38). The van der Waals surface area contributed by atoms with Crippen molar-refractivity contribution in [3.8, 4) is 0 Å². The Morgan fingerprint density at radius 3 is 2.40 bits per heavy atom. The van der Waals surface area contributed by atoms with Crippen LogP contribution in [0.3, 0.4) is 0 Å². The summed E-state index contributed by atoms with van der Waals surface area (Å²) in [6.45, 7) is 5.82. The van der Waals surface area contributed by atoms with Gasteiger partial charge >= 0.3 is 0 Å². The normalized spacial score (nSPS) is 19.7. The Kier molecular flexibility index (Phi) is 8.10. The predicted molar refractivity (Wildman–Crippen MR) is 155 cm³/mol. The maximum Gasteiger partial charge on any atom is 0.251 e. The van der Waals surface area contributed by atoms with Crippen LogP contribution in [0.2, 0.25) is 0 Å². The summed E-state index contributed by atoms with van der Waals surface area (Å²) in [7, 11) is -4.19. The number of nitrogens with zero attached hydrogens (tertiary/aromatic N) is 3. The van der Waals surface area contributed by atoms with Crippen molar-refractivity contribution in [1.82, 2.24) is 14.5 Å². The molecule has 10 nitrogen and oxygen atoms in total. The van der Waals surface area contributed by atoms with Crippen LogP contribution in [0, 0.1) is 11.0 Å².